The van der Waals surface area contributed by atoms with E-state index < -0.39 is 0 Å². The number of nitrogens with zero attached hydrogens (tertiary/aromatic N) is 1. The molecule has 4 nitrogen and oxygen atoms in total. The summed E-state index contributed by atoms with van der Waals surface area (Å²) in [5.41, 5.74) is 1.79. The van der Waals surface area contributed by atoms with Gasteiger partial charge in [-0.3, -0.25) is 14.5 Å². The van der Waals surface area contributed by atoms with Gasteiger partial charge in [0, 0.05) is 18.7 Å². The minimum atomic E-state index is -0.157. The summed E-state index contributed by atoms with van der Waals surface area (Å²) in [6.07, 6.45) is 5.72. The topological polar surface area (TPSA) is 49.4 Å². The molecule has 0 radical (unpaired) electrons. The Morgan fingerprint density at radius 3 is 2.44 bits per heavy atom. The minimum Gasteiger partial charge on any atom is -0.326 e. The van der Waals surface area contributed by atoms with Gasteiger partial charge in [-0.25, -0.2) is 0 Å². The van der Waals surface area contributed by atoms with Crippen LogP contribution in [0.3, 0.4) is 0 Å². The average Bonchev–Trinajstić information content (AvgIpc) is 2.95. The Hall–Kier alpha value is -2.70. The van der Waals surface area contributed by atoms with Gasteiger partial charge in [0.1, 0.15) is 4.32 Å². The number of para-hydroxylation sites is 1. The van der Waals surface area contributed by atoms with Gasteiger partial charge >= 0.3 is 0 Å². The number of benzene rings is 2. The first-order valence-corrected chi connectivity index (χ1v) is 9.68. The van der Waals surface area contributed by atoms with E-state index >= 15 is 0 Å². The normalized spacial score (nSPS) is 15.7. The molecule has 0 saturated carbocycles. The summed E-state index contributed by atoms with van der Waals surface area (Å²) in [7, 11) is 0. The molecule has 2 aromatic carbocycles. The lowest BCUT2D eigenvalue weighted by molar-refractivity contribution is -0.122. The Balaban J connectivity index is 1.55. The molecule has 0 atom stereocenters. The van der Waals surface area contributed by atoms with Gasteiger partial charge in [-0.2, -0.15) is 0 Å². The highest BCUT2D eigenvalue weighted by atomic mass is 32.2. The standard InChI is InChI=1S/C21H18N2O2S2/c24-19(22-17-11-5-2-6-12-17)14-15-23-20(25)18(27-21(23)26)13-7-10-16-8-3-1-4-9-16/h1-13H,14-15H2,(H,22,24)/b10-7+,18-13-. The molecule has 0 spiro atoms. The van der Waals surface area contributed by atoms with E-state index in [-0.39, 0.29) is 24.8 Å². The molecule has 0 aromatic heterocycles. The minimum absolute atomic E-state index is 0.150. The number of nitrogens with one attached hydrogen (secondary N) is 1. The number of allylic oxidation sites excluding steroid dienone is 2. The van der Waals surface area contributed by atoms with E-state index in [9.17, 15) is 9.59 Å². The number of thiocarbonyl (C=S) groups is 1. The quantitative estimate of drug-likeness (QED) is 0.580. The van der Waals surface area contributed by atoms with Gasteiger partial charge < -0.3 is 5.32 Å². The molecule has 0 bridgehead atoms. The smallest absolute Gasteiger partial charge is 0.266 e. The first-order valence-electron chi connectivity index (χ1n) is 8.45. The Kier molecular flexibility index (Phi) is 6.57. The highest BCUT2D eigenvalue weighted by molar-refractivity contribution is 8.26. The molecule has 2 amide bonds. The van der Waals surface area contributed by atoms with Crippen LogP contribution >= 0.6 is 24.0 Å². The molecule has 0 unspecified atom stereocenters. The summed E-state index contributed by atoms with van der Waals surface area (Å²) in [6, 6.07) is 19.1. The van der Waals surface area contributed by atoms with Crippen molar-refractivity contribution in [1.82, 2.24) is 4.90 Å². The summed E-state index contributed by atoms with van der Waals surface area (Å²) in [4.78, 5) is 26.6. The van der Waals surface area contributed by atoms with Crippen molar-refractivity contribution in [2.45, 2.75) is 6.42 Å². The fourth-order valence-electron chi connectivity index (χ4n) is 2.48. The van der Waals surface area contributed by atoms with Gasteiger partial charge in [0.15, 0.2) is 0 Å². The molecule has 1 aliphatic rings. The van der Waals surface area contributed by atoms with E-state index in [1.807, 2.05) is 72.8 Å². The molecule has 0 aliphatic carbocycles. The molecule has 136 valence electrons. The van der Waals surface area contributed by atoms with Crippen LogP contribution in [0, 0.1) is 0 Å². The fraction of sp³-hybridized carbons (Fsp3) is 0.0952. The Labute approximate surface area is 168 Å². The van der Waals surface area contributed by atoms with E-state index in [2.05, 4.69) is 5.32 Å². The third kappa shape index (κ3) is 5.39. The number of amides is 2. The highest BCUT2D eigenvalue weighted by Gasteiger charge is 2.31. The van der Waals surface area contributed by atoms with Gasteiger partial charge in [0.25, 0.3) is 5.91 Å². The molecule has 6 heteroatoms. The van der Waals surface area contributed by atoms with Crippen molar-refractivity contribution in [3.05, 3.63) is 83.3 Å². The second-order valence-electron chi connectivity index (χ2n) is 5.79. The summed E-state index contributed by atoms with van der Waals surface area (Å²) >= 11 is 6.55. The highest BCUT2D eigenvalue weighted by Crippen LogP contribution is 2.31. The van der Waals surface area contributed by atoms with E-state index in [0.717, 1.165) is 11.3 Å². The number of rotatable bonds is 6. The van der Waals surface area contributed by atoms with Crippen LogP contribution in [0.4, 0.5) is 5.69 Å². The molecule has 1 N–H and O–H groups in total. The van der Waals surface area contributed by atoms with Gasteiger partial charge in [-0.05, 0) is 23.8 Å². The lowest BCUT2D eigenvalue weighted by atomic mass is 10.2. The molecule has 1 aliphatic heterocycles. The largest absolute Gasteiger partial charge is 0.326 e. The maximum atomic E-state index is 12.5. The van der Waals surface area contributed by atoms with E-state index in [0.29, 0.717) is 9.23 Å². The average molecular weight is 395 g/mol. The fourth-order valence-corrected chi connectivity index (χ4v) is 3.74. The van der Waals surface area contributed by atoms with Crippen LogP contribution in [0.5, 0.6) is 0 Å². The Morgan fingerprint density at radius 1 is 1.07 bits per heavy atom. The lowest BCUT2D eigenvalue weighted by Crippen LogP contribution is -2.31. The first-order chi connectivity index (χ1) is 13.1. The van der Waals surface area contributed by atoms with Crippen molar-refractivity contribution < 1.29 is 9.59 Å². The molecule has 1 saturated heterocycles. The molecule has 2 aromatic rings. The third-order valence-electron chi connectivity index (χ3n) is 3.83. The van der Waals surface area contributed by atoms with Crippen LogP contribution in [-0.2, 0) is 9.59 Å². The second kappa shape index (κ2) is 9.30. The monoisotopic (exact) mass is 394 g/mol. The molecule has 1 fully saturated rings. The zero-order valence-electron chi connectivity index (χ0n) is 14.5. The van der Waals surface area contributed by atoms with Gasteiger partial charge in [-0.1, -0.05) is 84.7 Å². The molecular formula is C21H18N2O2S2. The van der Waals surface area contributed by atoms with Crippen LogP contribution in [-0.4, -0.2) is 27.6 Å². The van der Waals surface area contributed by atoms with Crippen LogP contribution in [0.25, 0.3) is 6.08 Å². The van der Waals surface area contributed by atoms with E-state index in [4.69, 9.17) is 12.2 Å². The first kappa shape index (κ1) is 19.1. The number of carbonyl (C=O) groups excluding carboxylic acids is 2. The van der Waals surface area contributed by atoms with Crippen molar-refractivity contribution >= 4 is 51.9 Å². The zero-order chi connectivity index (χ0) is 19.1. The van der Waals surface area contributed by atoms with Crippen molar-refractivity contribution in [2.24, 2.45) is 0 Å². The Bertz CT molecular complexity index is 893. The summed E-state index contributed by atoms with van der Waals surface area (Å²) < 4.78 is 0.479. The summed E-state index contributed by atoms with van der Waals surface area (Å²) in [6.45, 7) is 0.267. The maximum Gasteiger partial charge on any atom is 0.266 e. The second-order valence-corrected chi connectivity index (χ2v) is 7.47. The van der Waals surface area contributed by atoms with Gasteiger partial charge in [0.2, 0.25) is 5.91 Å². The lowest BCUT2D eigenvalue weighted by Gasteiger charge is -2.14. The summed E-state index contributed by atoms with van der Waals surface area (Å²) in [5.74, 6) is -0.307. The molecule has 1 heterocycles. The predicted molar refractivity (Wildman–Crippen MR) is 115 cm³/mol. The summed E-state index contributed by atoms with van der Waals surface area (Å²) in [5, 5.41) is 2.81. The Morgan fingerprint density at radius 2 is 1.74 bits per heavy atom. The van der Waals surface area contributed by atoms with Crippen molar-refractivity contribution in [2.75, 3.05) is 11.9 Å². The number of hydrogen-bond donors (Lipinski definition) is 1. The van der Waals surface area contributed by atoms with Crippen molar-refractivity contribution in [3.63, 3.8) is 0 Å². The predicted octanol–water partition coefficient (Wildman–Crippen LogP) is 4.47. The number of anilines is 1. The van der Waals surface area contributed by atoms with Crippen LogP contribution in [0.1, 0.15) is 12.0 Å². The third-order valence-corrected chi connectivity index (χ3v) is 5.23. The van der Waals surface area contributed by atoms with Crippen LogP contribution in [0.2, 0.25) is 0 Å². The SMILES string of the molecule is O=C(CCN1C(=O)/C(=C/C=C/c2ccccc2)SC1=S)Nc1ccccc1. The van der Waals surface area contributed by atoms with Crippen molar-refractivity contribution in [1.29, 1.82) is 0 Å². The number of hydrogen-bond acceptors (Lipinski definition) is 4. The van der Waals surface area contributed by atoms with E-state index in [1.54, 1.807) is 6.08 Å². The van der Waals surface area contributed by atoms with E-state index in [1.165, 1.54) is 16.7 Å². The van der Waals surface area contributed by atoms with Crippen LogP contribution < -0.4 is 5.32 Å². The van der Waals surface area contributed by atoms with Crippen LogP contribution in [0.15, 0.2) is 77.7 Å². The van der Waals surface area contributed by atoms with Gasteiger partial charge in [0.05, 0.1) is 4.91 Å². The van der Waals surface area contributed by atoms with Crippen molar-refractivity contribution in [3.8, 4) is 0 Å². The number of thioether (sulfide) groups is 1. The number of carbonyl (C=O) groups is 2. The van der Waals surface area contributed by atoms with Gasteiger partial charge in [-0.15, -0.1) is 0 Å². The maximum absolute atomic E-state index is 12.5. The molecule has 3 rings (SSSR count). The molecule has 27 heavy (non-hydrogen) atoms. The zero-order valence-corrected chi connectivity index (χ0v) is 16.1. The molecular weight excluding hydrogens is 376 g/mol.